The van der Waals surface area contributed by atoms with Crippen molar-refractivity contribution < 1.29 is 9.47 Å². The van der Waals surface area contributed by atoms with Gasteiger partial charge in [-0.25, -0.2) is 9.67 Å². The Morgan fingerprint density at radius 2 is 1.88 bits per heavy atom. The first-order chi connectivity index (χ1) is 15.5. The summed E-state index contributed by atoms with van der Waals surface area (Å²) in [6.45, 7) is 1.72. The Labute approximate surface area is 189 Å². The van der Waals surface area contributed by atoms with Gasteiger partial charge in [-0.15, -0.1) is 5.10 Å². The third kappa shape index (κ3) is 3.76. The highest BCUT2D eigenvalue weighted by Gasteiger charge is 2.21. The number of aromatic nitrogens is 4. The lowest BCUT2D eigenvalue weighted by atomic mass is 10.1. The molecular weight excluding hydrogens is 430 g/mol. The number of hydrogen-bond donors (Lipinski definition) is 2. The second-order valence-electron chi connectivity index (χ2n) is 7.67. The van der Waals surface area contributed by atoms with Crippen LogP contribution in [0.25, 0.3) is 28.0 Å². The minimum absolute atomic E-state index is 0.200. The molecule has 0 aliphatic carbocycles. The van der Waals surface area contributed by atoms with Crippen molar-refractivity contribution in [1.82, 2.24) is 24.6 Å². The first-order valence-corrected chi connectivity index (χ1v) is 10.5. The second kappa shape index (κ2) is 8.18. The molecule has 9 nitrogen and oxygen atoms in total. The zero-order valence-corrected chi connectivity index (χ0v) is 18.4. The molecule has 5 rings (SSSR count). The van der Waals surface area contributed by atoms with Crippen molar-refractivity contribution in [3.8, 4) is 28.4 Å². The van der Waals surface area contributed by atoms with Gasteiger partial charge in [0.25, 0.3) is 0 Å². The third-order valence-electron chi connectivity index (χ3n) is 5.13. The largest absolute Gasteiger partial charge is 0.454 e. The molecule has 0 saturated heterocycles. The van der Waals surface area contributed by atoms with E-state index in [4.69, 9.17) is 31.8 Å². The number of nitrogens with one attached hydrogen (secondary N) is 1. The molecule has 0 amide bonds. The van der Waals surface area contributed by atoms with Gasteiger partial charge in [-0.1, -0.05) is 11.6 Å². The number of halogens is 1. The maximum absolute atomic E-state index is 6.55. The monoisotopic (exact) mass is 451 g/mol. The van der Waals surface area contributed by atoms with E-state index in [1.165, 1.54) is 0 Å². The molecule has 1 aliphatic rings. The average Bonchev–Trinajstić information content (AvgIpc) is 3.37. The highest BCUT2D eigenvalue weighted by molar-refractivity contribution is 6.30. The van der Waals surface area contributed by atoms with Gasteiger partial charge >= 0.3 is 0 Å². The van der Waals surface area contributed by atoms with Gasteiger partial charge in [-0.3, -0.25) is 0 Å². The van der Waals surface area contributed by atoms with Crippen LogP contribution in [0.1, 0.15) is 0 Å². The molecular formula is C22H22ClN7O2. The lowest BCUT2D eigenvalue weighted by Crippen LogP contribution is -2.21. The van der Waals surface area contributed by atoms with E-state index in [9.17, 15) is 0 Å². The lowest BCUT2D eigenvalue weighted by molar-refractivity contribution is 0.174. The number of benzene rings is 2. The minimum Gasteiger partial charge on any atom is -0.454 e. The topological polar surface area (TPSA) is 103 Å². The number of nitrogen functional groups attached to an aromatic ring is 1. The zero-order valence-electron chi connectivity index (χ0n) is 17.7. The Morgan fingerprint density at radius 1 is 1.09 bits per heavy atom. The summed E-state index contributed by atoms with van der Waals surface area (Å²) in [6.07, 6.45) is 0. The van der Waals surface area contributed by atoms with Crippen molar-refractivity contribution in [2.75, 3.05) is 45.0 Å². The van der Waals surface area contributed by atoms with Crippen LogP contribution in [0.15, 0.2) is 42.5 Å². The van der Waals surface area contributed by atoms with Crippen LogP contribution >= 0.6 is 11.6 Å². The van der Waals surface area contributed by atoms with Crippen molar-refractivity contribution >= 4 is 34.4 Å². The summed E-state index contributed by atoms with van der Waals surface area (Å²) in [6, 6.07) is 13.0. The van der Waals surface area contributed by atoms with Crippen molar-refractivity contribution in [1.29, 1.82) is 0 Å². The van der Waals surface area contributed by atoms with Crippen LogP contribution in [0.3, 0.4) is 0 Å². The van der Waals surface area contributed by atoms with Crippen molar-refractivity contribution in [2.24, 2.45) is 0 Å². The molecule has 1 aliphatic heterocycles. The standard InChI is InChI=1S/C22H22ClN7O2/c1-29(2)10-9-25-22-26-19(13-3-8-16-17(11-13)32-12-31-16)18-20(24)30(28-21(18)27-22)15-6-4-14(23)5-7-15/h3-8,11H,9-10,12,24H2,1-2H3,(H,25,27,28). The summed E-state index contributed by atoms with van der Waals surface area (Å²) in [5.74, 6) is 2.29. The van der Waals surface area contributed by atoms with E-state index < -0.39 is 0 Å². The smallest absolute Gasteiger partial charge is 0.231 e. The number of ether oxygens (including phenoxy) is 2. The quantitative estimate of drug-likeness (QED) is 0.459. The molecule has 2 aromatic carbocycles. The van der Waals surface area contributed by atoms with Crippen molar-refractivity contribution in [2.45, 2.75) is 0 Å². The van der Waals surface area contributed by atoms with Crippen LogP contribution in [0.2, 0.25) is 5.02 Å². The van der Waals surface area contributed by atoms with Gasteiger partial charge < -0.3 is 25.4 Å². The third-order valence-corrected chi connectivity index (χ3v) is 5.38. The molecule has 164 valence electrons. The van der Waals surface area contributed by atoms with E-state index in [1.54, 1.807) is 16.8 Å². The number of hydrogen-bond acceptors (Lipinski definition) is 8. The number of nitrogens with two attached hydrogens (primary N) is 1. The number of nitrogens with zero attached hydrogens (tertiary/aromatic N) is 5. The van der Waals surface area contributed by atoms with Crippen LogP contribution in [0, 0.1) is 0 Å². The molecule has 0 bridgehead atoms. The fraction of sp³-hybridized carbons (Fsp3) is 0.227. The van der Waals surface area contributed by atoms with Gasteiger partial charge in [0, 0.05) is 23.7 Å². The summed E-state index contributed by atoms with van der Waals surface area (Å²) in [7, 11) is 4.02. The van der Waals surface area contributed by atoms with Gasteiger partial charge in [0.1, 0.15) is 5.82 Å². The number of anilines is 2. The molecule has 2 aromatic heterocycles. The Kier molecular flexibility index (Phi) is 5.20. The highest BCUT2D eigenvalue weighted by atomic mass is 35.5. The minimum atomic E-state index is 0.200. The van der Waals surface area contributed by atoms with E-state index in [1.807, 2.05) is 44.4 Å². The van der Waals surface area contributed by atoms with E-state index in [0.717, 1.165) is 17.8 Å². The molecule has 3 heterocycles. The summed E-state index contributed by atoms with van der Waals surface area (Å²) >= 11 is 6.04. The fourth-order valence-electron chi connectivity index (χ4n) is 3.51. The van der Waals surface area contributed by atoms with E-state index in [2.05, 4.69) is 20.3 Å². The predicted molar refractivity (Wildman–Crippen MR) is 125 cm³/mol. The Morgan fingerprint density at radius 3 is 2.66 bits per heavy atom. The number of likely N-dealkylation sites (N-methyl/N-ethyl adjacent to an activating group) is 1. The normalized spacial score (nSPS) is 12.6. The molecule has 10 heteroatoms. The van der Waals surface area contributed by atoms with Crippen LogP contribution in [-0.4, -0.2) is 58.6 Å². The first-order valence-electron chi connectivity index (χ1n) is 10.1. The molecule has 0 fully saturated rings. The van der Waals surface area contributed by atoms with Gasteiger partial charge in [0.2, 0.25) is 12.7 Å². The highest BCUT2D eigenvalue weighted by Crippen LogP contribution is 2.39. The fourth-order valence-corrected chi connectivity index (χ4v) is 3.64. The molecule has 3 N–H and O–H groups in total. The van der Waals surface area contributed by atoms with Crippen molar-refractivity contribution in [3.63, 3.8) is 0 Å². The van der Waals surface area contributed by atoms with Gasteiger partial charge in [0.15, 0.2) is 17.1 Å². The molecule has 0 unspecified atom stereocenters. The average molecular weight is 452 g/mol. The van der Waals surface area contributed by atoms with Gasteiger partial charge in [-0.05, 0) is 56.6 Å². The van der Waals surface area contributed by atoms with E-state index in [0.29, 0.717) is 51.6 Å². The molecule has 4 aromatic rings. The maximum atomic E-state index is 6.55. The molecule has 32 heavy (non-hydrogen) atoms. The molecule has 0 saturated carbocycles. The second-order valence-corrected chi connectivity index (χ2v) is 8.10. The van der Waals surface area contributed by atoms with Gasteiger partial charge in [-0.2, -0.15) is 4.98 Å². The Balaban J connectivity index is 1.65. The number of rotatable bonds is 6. The summed E-state index contributed by atoms with van der Waals surface area (Å²) < 4.78 is 12.7. The van der Waals surface area contributed by atoms with E-state index in [-0.39, 0.29) is 6.79 Å². The Hall–Kier alpha value is -3.56. The number of fused-ring (bicyclic) bond motifs is 2. The molecule has 0 atom stereocenters. The molecule has 0 spiro atoms. The van der Waals surface area contributed by atoms with Crippen LogP contribution in [0.5, 0.6) is 11.5 Å². The van der Waals surface area contributed by atoms with E-state index >= 15 is 0 Å². The predicted octanol–water partition coefficient (Wildman–Crippen LogP) is 3.42. The molecule has 0 radical (unpaired) electrons. The lowest BCUT2D eigenvalue weighted by Gasteiger charge is -2.11. The summed E-state index contributed by atoms with van der Waals surface area (Å²) in [4.78, 5) is 11.5. The summed E-state index contributed by atoms with van der Waals surface area (Å²) in [5, 5.41) is 9.25. The van der Waals surface area contributed by atoms with Crippen LogP contribution in [-0.2, 0) is 0 Å². The SMILES string of the molecule is CN(C)CCNc1nc(-c2ccc3c(c2)OCO3)c2c(N)n(-c3ccc(Cl)cc3)nc2n1. The van der Waals surface area contributed by atoms with Crippen molar-refractivity contribution in [3.05, 3.63) is 47.5 Å². The summed E-state index contributed by atoms with van der Waals surface area (Å²) in [5.41, 5.74) is 9.33. The van der Waals surface area contributed by atoms with Gasteiger partial charge in [0.05, 0.1) is 16.8 Å². The van der Waals surface area contributed by atoms with Crippen LogP contribution in [0.4, 0.5) is 11.8 Å². The zero-order chi connectivity index (χ0) is 22.2. The maximum Gasteiger partial charge on any atom is 0.231 e. The first kappa shape index (κ1) is 20.3. The Bertz CT molecular complexity index is 1290. The van der Waals surface area contributed by atoms with Crippen LogP contribution < -0.4 is 20.5 Å².